The number of halogens is 2. The highest BCUT2D eigenvalue weighted by molar-refractivity contribution is 6.34. The highest BCUT2D eigenvalue weighted by Gasteiger charge is 2.31. The van der Waals surface area contributed by atoms with Crippen LogP contribution in [-0.2, 0) is 18.3 Å². The van der Waals surface area contributed by atoms with Crippen LogP contribution in [0.5, 0.6) is 5.75 Å². The predicted octanol–water partition coefficient (Wildman–Crippen LogP) is 8.34. The molecule has 0 unspecified atom stereocenters. The lowest BCUT2D eigenvalue weighted by atomic mass is 9.93. The topological polar surface area (TPSA) is 69.3 Å². The minimum Gasteiger partial charge on any atom is -0.494 e. The van der Waals surface area contributed by atoms with Crippen LogP contribution in [0, 0.1) is 34.6 Å². The molecule has 0 radical (unpaired) electrons. The molecular formula is C32H33Cl2N3O3. The second-order valence-corrected chi connectivity index (χ2v) is 11.2. The number of nitrogens with zero attached hydrogens (tertiary/aromatic N) is 2. The van der Waals surface area contributed by atoms with Crippen molar-refractivity contribution in [3.63, 3.8) is 0 Å². The molecule has 2 aromatic carbocycles. The number of allylic oxidation sites excluding steroid dienone is 1. The molecule has 1 amide bonds. The van der Waals surface area contributed by atoms with Crippen molar-refractivity contribution in [2.24, 2.45) is 7.05 Å². The van der Waals surface area contributed by atoms with Crippen LogP contribution in [-0.4, -0.2) is 22.3 Å². The summed E-state index contributed by atoms with van der Waals surface area (Å²) < 4.78 is 13.6. The SMILES string of the molecule is Cc1ccc(NC(=O)C2=C(CCCOc3cc(C)c(Cl)c(C)c3)c3ccc(Cl)c(-c4c(C)nn(C)c4C)c3C2)o1. The minimum atomic E-state index is -0.174. The predicted molar refractivity (Wildman–Crippen MR) is 161 cm³/mol. The Bertz CT molecular complexity index is 1640. The normalized spacial score (nSPS) is 12.7. The largest absolute Gasteiger partial charge is 0.494 e. The lowest BCUT2D eigenvalue weighted by Gasteiger charge is -2.14. The fourth-order valence-electron chi connectivity index (χ4n) is 5.56. The first-order valence-corrected chi connectivity index (χ1v) is 14.1. The molecule has 0 saturated heterocycles. The maximum absolute atomic E-state index is 13.6. The summed E-state index contributed by atoms with van der Waals surface area (Å²) in [5.74, 6) is 1.79. The summed E-state index contributed by atoms with van der Waals surface area (Å²) in [5.41, 5.74) is 9.67. The molecule has 1 aliphatic rings. The van der Waals surface area contributed by atoms with Crippen LogP contribution in [0.2, 0.25) is 10.0 Å². The Labute approximate surface area is 244 Å². The van der Waals surface area contributed by atoms with Crippen molar-refractivity contribution in [1.82, 2.24) is 9.78 Å². The third-order valence-corrected chi connectivity index (χ3v) is 8.48. The Morgan fingerprint density at radius 2 is 1.77 bits per heavy atom. The summed E-state index contributed by atoms with van der Waals surface area (Å²) in [6.45, 7) is 10.3. The van der Waals surface area contributed by atoms with E-state index in [1.165, 1.54) is 0 Å². The number of carbonyl (C=O) groups is 1. The zero-order valence-electron chi connectivity index (χ0n) is 23.7. The van der Waals surface area contributed by atoms with E-state index in [0.717, 1.165) is 73.3 Å². The van der Waals surface area contributed by atoms with Gasteiger partial charge in [-0.3, -0.25) is 14.8 Å². The summed E-state index contributed by atoms with van der Waals surface area (Å²) in [5, 5.41) is 8.98. The van der Waals surface area contributed by atoms with E-state index in [1.54, 1.807) is 6.07 Å². The minimum absolute atomic E-state index is 0.174. The Morgan fingerprint density at radius 3 is 2.40 bits per heavy atom. The molecule has 0 spiro atoms. The Balaban J connectivity index is 1.46. The molecule has 0 aliphatic heterocycles. The number of amides is 1. The summed E-state index contributed by atoms with van der Waals surface area (Å²) in [6.07, 6.45) is 1.87. The standard InChI is InChI=1S/C32H33Cl2N3O3/c1-17-14-22(15-18(2)31(17)34)39-13-7-8-23-24-10-11-27(33)30(29-20(4)36-37(6)21(29)5)25(24)16-26(23)32(38)35-28-12-9-19(3)40-28/h9-12,14-15H,7-8,13,16H2,1-6H3,(H,35,38). The summed E-state index contributed by atoms with van der Waals surface area (Å²) in [4.78, 5) is 13.6. The van der Waals surface area contributed by atoms with Crippen molar-refractivity contribution in [2.75, 3.05) is 11.9 Å². The molecule has 0 atom stereocenters. The van der Waals surface area contributed by atoms with E-state index in [-0.39, 0.29) is 5.91 Å². The van der Waals surface area contributed by atoms with E-state index in [1.807, 2.05) is 76.7 Å². The maximum atomic E-state index is 13.6. The lowest BCUT2D eigenvalue weighted by molar-refractivity contribution is -0.113. The summed E-state index contributed by atoms with van der Waals surface area (Å²) in [6, 6.07) is 11.5. The van der Waals surface area contributed by atoms with Crippen molar-refractivity contribution in [3.8, 4) is 16.9 Å². The van der Waals surface area contributed by atoms with Crippen LogP contribution in [0.4, 0.5) is 5.88 Å². The average molecular weight is 579 g/mol. The quantitative estimate of drug-likeness (QED) is 0.214. The van der Waals surface area contributed by atoms with Gasteiger partial charge in [0, 0.05) is 52.0 Å². The van der Waals surface area contributed by atoms with Gasteiger partial charge in [0.25, 0.3) is 5.91 Å². The molecule has 8 heteroatoms. The van der Waals surface area contributed by atoms with Crippen LogP contribution in [0.25, 0.3) is 16.7 Å². The molecule has 0 bridgehead atoms. The highest BCUT2D eigenvalue weighted by Crippen LogP contribution is 2.45. The van der Waals surface area contributed by atoms with Gasteiger partial charge in [-0.25, -0.2) is 0 Å². The number of aryl methyl sites for hydroxylation is 5. The third kappa shape index (κ3) is 5.30. The number of nitrogens with one attached hydrogen (secondary N) is 1. The van der Waals surface area contributed by atoms with Gasteiger partial charge >= 0.3 is 0 Å². The lowest BCUT2D eigenvalue weighted by Crippen LogP contribution is -2.15. The average Bonchev–Trinajstić information content (AvgIpc) is 3.55. The van der Waals surface area contributed by atoms with Gasteiger partial charge in [0.1, 0.15) is 11.5 Å². The number of fused-ring (bicyclic) bond motifs is 1. The molecule has 2 aromatic heterocycles. The Morgan fingerprint density at radius 1 is 1.05 bits per heavy atom. The molecule has 2 heterocycles. The van der Waals surface area contributed by atoms with Crippen molar-refractivity contribution in [1.29, 1.82) is 0 Å². The van der Waals surface area contributed by atoms with Crippen LogP contribution in [0.3, 0.4) is 0 Å². The number of benzene rings is 2. The number of ether oxygens (including phenoxy) is 1. The first-order valence-electron chi connectivity index (χ1n) is 13.4. The summed E-state index contributed by atoms with van der Waals surface area (Å²) >= 11 is 13.2. The molecule has 1 N–H and O–H groups in total. The monoisotopic (exact) mass is 577 g/mol. The number of anilines is 1. The third-order valence-electron chi connectivity index (χ3n) is 7.56. The van der Waals surface area contributed by atoms with Gasteiger partial charge in [0.2, 0.25) is 0 Å². The zero-order chi connectivity index (χ0) is 28.7. The highest BCUT2D eigenvalue weighted by atomic mass is 35.5. The first-order chi connectivity index (χ1) is 19.0. The molecule has 40 heavy (non-hydrogen) atoms. The Kier molecular flexibility index (Phi) is 7.85. The van der Waals surface area contributed by atoms with E-state index >= 15 is 0 Å². The van der Waals surface area contributed by atoms with Gasteiger partial charge in [-0.2, -0.15) is 5.10 Å². The fraction of sp³-hybridized carbons (Fsp3) is 0.312. The van der Waals surface area contributed by atoms with E-state index in [4.69, 9.17) is 32.4 Å². The van der Waals surface area contributed by atoms with Crippen LogP contribution in [0.15, 0.2) is 46.4 Å². The molecular weight excluding hydrogens is 545 g/mol. The molecule has 0 fully saturated rings. The van der Waals surface area contributed by atoms with Crippen LogP contribution in [0.1, 0.15) is 52.2 Å². The van der Waals surface area contributed by atoms with E-state index in [9.17, 15) is 4.79 Å². The van der Waals surface area contributed by atoms with Crippen molar-refractivity contribution < 1.29 is 13.9 Å². The molecule has 4 aromatic rings. The van der Waals surface area contributed by atoms with E-state index in [0.29, 0.717) is 35.9 Å². The second-order valence-electron chi connectivity index (χ2n) is 10.4. The number of rotatable bonds is 8. The summed E-state index contributed by atoms with van der Waals surface area (Å²) in [7, 11) is 1.93. The second kappa shape index (κ2) is 11.2. The van der Waals surface area contributed by atoms with Gasteiger partial charge in [-0.05, 0) is 99.6 Å². The molecule has 1 aliphatic carbocycles. The van der Waals surface area contributed by atoms with E-state index in [2.05, 4.69) is 10.4 Å². The smallest absolute Gasteiger partial charge is 0.254 e. The van der Waals surface area contributed by atoms with Gasteiger partial charge < -0.3 is 9.15 Å². The van der Waals surface area contributed by atoms with Gasteiger partial charge in [-0.15, -0.1) is 0 Å². The zero-order valence-corrected chi connectivity index (χ0v) is 25.2. The maximum Gasteiger partial charge on any atom is 0.254 e. The molecule has 6 nitrogen and oxygen atoms in total. The van der Waals surface area contributed by atoms with Crippen molar-refractivity contribution in [2.45, 2.75) is 53.9 Å². The van der Waals surface area contributed by atoms with Gasteiger partial charge in [0.05, 0.1) is 12.3 Å². The first kappa shape index (κ1) is 28.1. The Hall–Kier alpha value is -3.48. The fourth-order valence-corrected chi connectivity index (χ4v) is 5.94. The van der Waals surface area contributed by atoms with Gasteiger partial charge in [-0.1, -0.05) is 29.3 Å². The van der Waals surface area contributed by atoms with Gasteiger partial charge in [0.15, 0.2) is 5.88 Å². The number of carbonyl (C=O) groups excluding carboxylic acids is 1. The number of aromatic nitrogens is 2. The molecule has 208 valence electrons. The number of hydrogen-bond acceptors (Lipinski definition) is 4. The number of hydrogen-bond donors (Lipinski definition) is 1. The van der Waals surface area contributed by atoms with Crippen molar-refractivity contribution in [3.05, 3.63) is 91.4 Å². The molecule has 0 saturated carbocycles. The van der Waals surface area contributed by atoms with E-state index < -0.39 is 0 Å². The van der Waals surface area contributed by atoms with Crippen molar-refractivity contribution >= 4 is 40.6 Å². The van der Waals surface area contributed by atoms with Crippen LogP contribution < -0.4 is 10.1 Å². The van der Waals surface area contributed by atoms with Crippen LogP contribution >= 0.6 is 23.2 Å². The number of furan rings is 1. The molecule has 5 rings (SSSR count).